The predicted octanol–water partition coefficient (Wildman–Crippen LogP) is 1.89. The maximum Gasteiger partial charge on any atom is 0.260 e. The van der Waals surface area contributed by atoms with E-state index >= 15 is 0 Å². The molecule has 0 spiro atoms. The van der Waals surface area contributed by atoms with Crippen molar-refractivity contribution >= 4 is 29.4 Å². The smallest absolute Gasteiger partial charge is 0.260 e. The van der Waals surface area contributed by atoms with Gasteiger partial charge in [-0.2, -0.15) is 10.1 Å². The highest BCUT2D eigenvalue weighted by Gasteiger charge is 2.19. The van der Waals surface area contributed by atoms with Crippen molar-refractivity contribution in [1.82, 2.24) is 29.9 Å². The second-order valence-electron chi connectivity index (χ2n) is 5.63. The molecule has 1 aliphatic heterocycles. The maximum absolute atomic E-state index is 12.7. The molecule has 1 amide bonds. The molecule has 0 aliphatic carbocycles. The third-order valence-electron chi connectivity index (χ3n) is 3.96. The highest BCUT2D eigenvalue weighted by molar-refractivity contribution is 6.31. The summed E-state index contributed by atoms with van der Waals surface area (Å²) in [6.45, 7) is 1.85. The van der Waals surface area contributed by atoms with Gasteiger partial charge in [0.25, 0.3) is 5.91 Å². The average Bonchev–Trinajstić information content (AvgIpc) is 3.36. The molecule has 10 heteroatoms. The van der Waals surface area contributed by atoms with Crippen LogP contribution in [0.2, 0.25) is 5.02 Å². The van der Waals surface area contributed by atoms with Crippen LogP contribution in [-0.2, 0) is 0 Å². The van der Waals surface area contributed by atoms with Gasteiger partial charge < -0.3 is 4.90 Å². The molecular weight excluding hydrogens is 344 g/mol. The first-order valence-corrected chi connectivity index (χ1v) is 8.22. The number of aromatic nitrogens is 6. The molecule has 1 fully saturated rings. The van der Waals surface area contributed by atoms with Gasteiger partial charge in [-0.1, -0.05) is 11.6 Å². The lowest BCUT2D eigenvalue weighted by molar-refractivity contribution is 0.102. The maximum atomic E-state index is 12.7. The zero-order valence-corrected chi connectivity index (χ0v) is 13.9. The summed E-state index contributed by atoms with van der Waals surface area (Å²) >= 11 is 6.05. The summed E-state index contributed by atoms with van der Waals surface area (Å²) in [7, 11) is 0. The Balaban J connectivity index is 1.58. The summed E-state index contributed by atoms with van der Waals surface area (Å²) in [5.41, 5.74) is 0.927. The van der Waals surface area contributed by atoms with Crippen molar-refractivity contribution in [3.8, 4) is 5.69 Å². The second kappa shape index (κ2) is 6.52. The van der Waals surface area contributed by atoms with Gasteiger partial charge in [0, 0.05) is 18.1 Å². The zero-order valence-electron chi connectivity index (χ0n) is 13.2. The van der Waals surface area contributed by atoms with Crippen LogP contribution in [0.4, 0.5) is 11.9 Å². The van der Waals surface area contributed by atoms with E-state index in [9.17, 15) is 4.79 Å². The molecule has 0 saturated carbocycles. The third kappa shape index (κ3) is 3.18. The molecule has 2 aromatic heterocycles. The largest absolute Gasteiger partial charge is 0.339 e. The number of H-pyrrole nitrogens is 1. The fourth-order valence-corrected chi connectivity index (χ4v) is 2.94. The Labute approximate surface area is 148 Å². The Bertz CT molecular complexity index is 885. The molecule has 0 atom stereocenters. The molecule has 4 rings (SSSR count). The van der Waals surface area contributed by atoms with Crippen LogP contribution in [0, 0.1) is 0 Å². The minimum atomic E-state index is -0.364. The summed E-state index contributed by atoms with van der Waals surface area (Å²) in [6.07, 6.45) is 5.16. The van der Waals surface area contributed by atoms with E-state index in [1.807, 2.05) is 0 Å². The molecule has 3 heterocycles. The number of nitrogens with one attached hydrogen (secondary N) is 2. The standard InChI is InChI=1S/C15H15ClN8O/c16-10-3-4-12(24-9-17-8-18-24)11(7-10)13(25)19-14-20-15(22-21-14)23-5-1-2-6-23/h3-4,7-9H,1-2,5-6H2,(H2,19,20,21,22,25). The van der Waals surface area contributed by atoms with Gasteiger partial charge in [-0.05, 0) is 31.0 Å². The minimum Gasteiger partial charge on any atom is -0.339 e. The molecule has 1 saturated heterocycles. The molecule has 0 unspecified atom stereocenters. The lowest BCUT2D eigenvalue weighted by Gasteiger charge is -2.11. The molecule has 0 bridgehead atoms. The molecule has 2 N–H and O–H groups in total. The van der Waals surface area contributed by atoms with Crippen LogP contribution in [0.25, 0.3) is 5.69 Å². The number of hydrogen-bond acceptors (Lipinski definition) is 6. The van der Waals surface area contributed by atoms with Crippen LogP contribution in [0.1, 0.15) is 23.2 Å². The van der Waals surface area contributed by atoms with Gasteiger partial charge in [0.15, 0.2) is 0 Å². The van der Waals surface area contributed by atoms with Crippen molar-refractivity contribution < 1.29 is 4.79 Å². The van der Waals surface area contributed by atoms with Crippen molar-refractivity contribution in [3.63, 3.8) is 0 Å². The van der Waals surface area contributed by atoms with Gasteiger partial charge in [0.2, 0.25) is 11.9 Å². The van der Waals surface area contributed by atoms with Crippen molar-refractivity contribution in [3.05, 3.63) is 41.4 Å². The quantitative estimate of drug-likeness (QED) is 0.738. The van der Waals surface area contributed by atoms with Crippen molar-refractivity contribution in [2.45, 2.75) is 12.8 Å². The number of benzene rings is 1. The molecule has 128 valence electrons. The van der Waals surface area contributed by atoms with Crippen LogP contribution >= 0.6 is 11.6 Å². The van der Waals surface area contributed by atoms with E-state index in [1.54, 1.807) is 18.2 Å². The van der Waals surface area contributed by atoms with Crippen LogP contribution in [0.15, 0.2) is 30.9 Å². The van der Waals surface area contributed by atoms with Crippen molar-refractivity contribution in [2.75, 3.05) is 23.3 Å². The topological polar surface area (TPSA) is 105 Å². The van der Waals surface area contributed by atoms with E-state index < -0.39 is 0 Å². The van der Waals surface area contributed by atoms with Gasteiger partial charge in [-0.15, -0.1) is 5.10 Å². The van der Waals surface area contributed by atoms with E-state index in [4.69, 9.17) is 11.6 Å². The van der Waals surface area contributed by atoms with Crippen molar-refractivity contribution in [2.24, 2.45) is 0 Å². The highest BCUT2D eigenvalue weighted by atomic mass is 35.5. The molecule has 9 nitrogen and oxygen atoms in total. The lowest BCUT2D eigenvalue weighted by Crippen LogP contribution is -2.19. The number of aromatic amines is 1. The fraction of sp³-hybridized carbons (Fsp3) is 0.267. The monoisotopic (exact) mass is 358 g/mol. The molecule has 1 aromatic carbocycles. The minimum absolute atomic E-state index is 0.288. The van der Waals surface area contributed by atoms with E-state index in [0.717, 1.165) is 25.9 Å². The first-order valence-electron chi connectivity index (χ1n) is 7.84. The van der Waals surface area contributed by atoms with Crippen molar-refractivity contribution in [1.29, 1.82) is 0 Å². The molecule has 3 aromatic rings. The number of carbonyl (C=O) groups is 1. The summed E-state index contributed by atoms with van der Waals surface area (Å²) in [4.78, 5) is 23.0. The number of nitrogens with zero attached hydrogens (tertiary/aromatic N) is 6. The Hall–Kier alpha value is -2.94. The van der Waals surface area contributed by atoms with Crippen LogP contribution in [0.5, 0.6) is 0 Å². The number of amides is 1. The predicted molar refractivity (Wildman–Crippen MR) is 92.2 cm³/mol. The third-order valence-corrected chi connectivity index (χ3v) is 4.20. The van der Waals surface area contributed by atoms with E-state index in [2.05, 4.69) is 35.5 Å². The summed E-state index contributed by atoms with van der Waals surface area (Å²) < 4.78 is 1.50. The summed E-state index contributed by atoms with van der Waals surface area (Å²) in [5.74, 6) is 0.518. The lowest BCUT2D eigenvalue weighted by atomic mass is 10.1. The normalized spacial score (nSPS) is 14.0. The average molecular weight is 359 g/mol. The van der Waals surface area contributed by atoms with E-state index in [0.29, 0.717) is 22.2 Å². The van der Waals surface area contributed by atoms with E-state index in [-0.39, 0.29) is 11.9 Å². The van der Waals surface area contributed by atoms with Gasteiger partial charge in [0.1, 0.15) is 12.7 Å². The van der Waals surface area contributed by atoms with Gasteiger partial charge in [0.05, 0.1) is 11.3 Å². The fourth-order valence-electron chi connectivity index (χ4n) is 2.76. The molecule has 1 aliphatic rings. The summed E-state index contributed by atoms with van der Waals surface area (Å²) in [5, 5.41) is 14.1. The van der Waals surface area contributed by atoms with Gasteiger partial charge >= 0.3 is 0 Å². The number of halogens is 1. The Morgan fingerprint density at radius 3 is 2.88 bits per heavy atom. The Morgan fingerprint density at radius 2 is 2.12 bits per heavy atom. The van der Waals surface area contributed by atoms with Crippen LogP contribution in [-0.4, -0.2) is 48.9 Å². The molecule has 25 heavy (non-hydrogen) atoms. The highest BCUT2D eigenvalue weighted by Crippen LogP contribution is 2.21. The van der Waals surface area contributed by atoms with Crippen LogP contribution in [0.3, 0.4) is 0 Å². The van der Waals surface area contributed by atoms with E-state index in [1.165, 1.54) is 17.3 Å². The zero-order chi connectivity index (χ0) is 17.2. The summed E-state index contributed by atoms with van der Waals surface area (Å²) in [6, 6.07) is 4.98. The number of carbonyl (C=O) groups excluding carboxylic acids is 1. The first-order chi connectivity index (χ1) is 12.2. The number of rotatable bonds is 4. The van der Waals surface area contributed by atoms with Crippen LogP contribution < -0.4 is 10.2 Å². The first kappa shape index (κ1) is 15.6. The van der Waals surface area contributed by atoms with Gasteiger partial charge in [-0.25, -0.2) is 14.8 Å². The number of hydrogen-bond donors (Lipinski definition) is 2. The Kier molecular flexibility index (Phi) is 4.06. The molecular formula is C15H15ClN8O. The Morgan fingerprint density at radius 1 is 1.28 bits per heavy atom. The van der Waals surface area contributed by atoms with Gasteiger partial charge in [-0.3, -0.25) is 10.1 Å². The SMILES string of the molecule is O=C(Nc1nc(N2CCCC2)n[nH]1)c1cc(Cl)ccc1-n1cncn1. The number of anilines is 2. The second-order valence-corrected chi connectivity index (χ2v) is 6.07. The molecule has 0 radical (unpaired) electrons.